The Bertz CT molecular complexity index is 738. The van der Waals surface area contributed by atoms with Crippen molar-refractivity contribution in [2.45, 2.75) is 64.7 Å². The molecule has 4 rings (SSSR count). The van der Waals surface area contributed by atoms with Gasteiger partial charge in [-0.25, -0.2) is 0 Å². The van der Waals surface area contributed by atoms with E-state index in [0.717, 1.165) is 50.4 Å². The molecule has 1 aromatic rings. The first kappa shape index (κ1) is 20.5. The third-order valence-corrected chi connectivity index (χ3v) is 7.01. The molecule has 0 bridgehead atoms. The first-order chi connectivity index (χ1) is 13.9. The number of carbonyl (C=O) groups is 1. The Hall–Kier alpha value is -1.75. The van der Waals surface area contributed by atoms with Gasteiger partial charge in [0.05, 0.1) is 0 Å². The van der Waals surface area contributed by atoms with E-state index in [2.05, 4.69) is 38.2 Å². The summed E-state index contributed by atoms with van der Waals surface area (Å²) in [5, 5.41) is 3.28. The summed E-state index contributed by atoms with van der Waals surface area (Å²) in [6.07, 6.45) is 6.02. The Morgan fingerprint density at radius 3 is 2.66 bits per heavy atom. The summed E-state index contributed by atoms with van der Waals surface area (Å²) in [4.78, 5) is 12.8. The molecule has 29 heavy (non-hydrogen) atoms. The molecule has 2 fully saturated rings. The Kier molecular flexibility index (Phi) is 5.78. The van der Waals surface area contributed by atoms with Gasteiger partial charge in [0.2, 0.25) is 12.7 Å². The van der Waals surface area contributed by atoms with Crippen molar-refractivity contribution in [1.29, 1.82) is 0 Å². The van der Waals surface area contributed by atoms with Gasteiger partial charge in [-0.1, -0.05) is 26.8 Å². The number of hydrogen-bond donors (Lipinski definition) is 1. The van der Waals surface area contributed by atoms with Crippen LogP contribution in [0.25, 0.3) is 0 Å². The van der Waals surface area contributed by atoms with E-state index < -0.39 is 0 Å². The molecule has 1 aliphatic carbocycles. The van der Waals surface area contributed by atoms with Gasteiger partial charge in [-0.05, 0) is 67.1 Å². The quantitative estimate of drug-likeness (QED) is 0.793. The molecule has 1 N–H and O–H groups in total. The molecule has 0 aromatic heterocycles. The van der Waals surface area contributed by atoms with E-state index >= 15 is 0 Å². The second-order valence-corrected chi connectivity index (χ2v) is 10.2. The van der Waals surface area contributed by atoms with Crippen molar-refractivity contribution in [3.05, 3.63) is 23.8 Å². The average molecular weight is 402 g/mol. The van der Waals surface area contributed by atoms with E-state index in [9.17, 15) is 4.79 Å². The van der Waals surface area contributed by atoms with Crippen molar-refractivity contribution in [2.75, 3.05) is 26.6 Å². The van der Waals surface area contributed by atoms with Crippen molar-refractivity contribution < 1.29 is 19.0 Å². The normalized spacial score (nSPS) is 27.4. The highest BCUT2D eigenvalue weighted by atomic mass is 16.7. The molecule has 1 aromatic carbocycles. The molecule has 0 unspecified atom stereocenters. The van der Waals surface area contributed by atoms with E-state index in [1.165, 1.54) is 12.0 Å². The number of hydrogen-bond acceptors (Lipinski definition) is 4. The maximum absolute atomic E-state index is 12.8. The van der Waals surface area contributed by atoms with Crippen LogP contribution in [0.5, 0.6) is 11.5 Å². The summed E-state index contributed by atoms with van der Waals surface area (Å²) in [5.41, 5.74) is 1.45. The van der Waals surface area contributed by atoms with Crippen LogP contribution in [0.15, 0.2) is 18.2 Å². The third-order valence-electron chi connectivity index (χ3n) is 7.01. The third kappa shape index (κ3) is 4.71. The van der Waals surface area contributed by atoms with E-state index in [1.807, 2.05) is 6.07 Å². The zero-order valence-electron chi connectivity index (χ0n) is 18.1. The molecule has 160 valence electrons. The van der Waals surface area contributed by atoms with Crippen molar-refractivity contribution in [3.8, 4) is 11.5 Å². The Balaban J connectivity index is 1.42. The van der Waals surface area contributed by atoms with Crippen LogP contribution in [0.2, 0.25) is 0 Å². The minimum absolute atomic E-state index is 0.103. The van der Waals surface area contributed by atoms with Crippen molar-refractivity contribution in [1.82, 2.24) is 5.32 Å². The molecule has 2 aliphatic heterocycles. The summed E-state index contributed by atoms with van der Waals surface area (Å²) in [5.74, 6) is 2.98. The smallest absolute Gasteiger partial charge is 0.231 e. The predicted octanol–water partition coefficient (Wildman–Crippen LogP) is 4.43. The first-order valence-corrected chi connectivity index (χ1v) is 11.1. The molecule has 2 atom stereocenters. The van der Waals surface area contributed by atoms with E-state index in [-0.39, 0.29) is 18.1 Å². The SMILES string of the molecule is C[C@H]1C[C@H](CC(=O)NCC2(c3ccc4c(c3)OCO4)CCOCC2)CC(C)(C)C1. The van der Waals surface area contributed by atoms with Crippen LogP contribution in [-0.4, -0.2) is 32.5 Å². The average Bonchev–Trinajstić information content (AvgIpc) is 3.13. The van der Waals surface area contributed by atoms with Gasteiger partial charge in [0.1, 0.15) is 0 Å². The van der Waals surface area contributed by atoms with Gasteiger partial charge in [0, 0.05) is 31.6 Å². The van der Waals surface area contributed by atoms with Gasteiger partial charge in [-0.2, -0.15) is 0 Å². The summed E-state index contributed by atoms with van der Waals surface area (Å²) in [7, 11) is 0. The van der Waals surface area contributed by atoms with Crippen LogP contribution in [0.3, 0.4) is 0 Å². The number of fused-ring (bicyclic) bond motifs is 1. The van der Waals surface area contributed by atoms with Crippen molar-refractivity contribution in [2.24, 2.45) is 17.3 Å². The molecule has 5 heteroatoms. The van der Waals surface area contributed by atoms with Crippen LogP contribution >= 0.6 is 0 Å². The van der Waals surface area contributed by atoms with E-state index in [4.69, 9.17) is 14.2 Å². The topological polar surface area (TPSA) is 56.8 Å². The molecule has 1 saturated heterocycles. The lowest BCUT2D eigenvalue weighted by molar-refractivity contribution is -0.123. The first-order valence-electron chi connectivity index (χ1n) is 11.1. The fourth-order valence-corrected chi connectivity index (χ4v) is 5.86. The molecule has 2 heterocycles. The number of carbonyl (C=O) groups excluding carboxylic acids is 1. The maximum Gasteiger partial charge on any atom is 0.231 e. The highest BCUT2D eigenvalue weighted by molar-refractivity contribution is 5.76. The zero-order chi connectivity index (χ0) is 20.5. The summed E-state index contributed by atoms with van der Waals surface area (Å²) < 4.78 is 16.7. The molecule has 5 nitrogen and oxygen atoms in total. The van der Waals surface area contributed by atoms with Gasteiger partial charge in [-0.3, -0.25) is 4.79 Å². The van der Waals surface area contributed by atoms with Gasteiger partial charge in [-0.15, -0.1) is 0 Å². The number of rotatable bonds is 5. The standard InChI is InChI=1S/C24H35NO4/c1-17-10-18(14-23(2,3)13-17)11-22(26)25-15-24(6-8-27-9-7-24)19-4-5-20-21(12-19)29-16-28-20/h4-5,12,17-18H,6-11,13-16H2,1-3H3,(H,25,26)/t17-,18+/m0/s1. The Morgan fingerprint density at radius 2 is 1.90 bits per heavy atom. The lowest BCUT2D eigenvalue weighted by atomic mass is 9.67. The maximum atomic E-state index is 12.8. The number of amides is 1. The van der Waals surface area contributed by atoms with Gasteiger partial charge in [0.15, 0.2) is 11.5 Å². The van der Waals surface area contributed by atoms with Crippen LogP contribution in [0.4, 0.5) is 0 Å². The molecule has 1 saturated carbocycles. The second-order valence-electron chi connectivity index (χ2n) is 10.2. The molecule has 3 aliphatic rings. The van der Waals surface area contributed by atoms with Crippen molar-refractivity contribution in [3.63, 3.8) is 0 Å². The number of ether oxygens (including phenoxy) is 3. The Morgan fingerprint density at radius 1 is 1.14 bits per heavy atom. The molecule has 0 radical (unpaired) electrons. The van der Waals surface area contributed by atoms with Gasteiger partial charge in [0.25, 0.3) is 0 Å². The minimum atomic E-state index is -0.103. The van der Waals surface area contributed by atoms with Crippen LogP contribution < -0.4 is 14.8 Å². The van der Waals surface area contributed by atoms with Crippen LogP contribution in [-0.2, 0) is 14.9 Å². The number of nitrogens with one attached hydrogen (secondary N) is 1. The van der Waals surface area contributed by atoms with Crippen LogP contribution in [0, 0.1) is 17.3 Å². The summed E-state index contributed by atoms with van der Waals surface area (Å²) in [6.45, 7) is 9.37. The fraction of sp³-hybridized carbons (Fsp3) is 0.708. The highest BCUT2D eigenvalue weighted by Crippen LogP contribution is 2.43. The number of benzene rings is 1. The summed E-state index contributed by atoms with van der Waals surface area (Å²) in [6, 6.07) is 6.20. The molecule has 0 spiro atoms. The predicted molar refractivity (Wildman–Crippen MR) is 112 cm³/mol. The van der Waals surface area contributed by atoms with Gasteiger partial charge >= 0.3 is 0 Å². The lowest BCUT2D eigenvalue weighted by Crippen LogP contribution is -2.45. The van der Waals surface area contributed by atoms with Crippen LogP contribution in [0.1, 0.15) is 64.9 Å². The zero-order valence-corrected chi connectivity index (χ0v) is 18.1. The van der Waals surface area contributed by atoms with E-state index in [0.29, 0.717) is 30.2 Å². The molecular formula is C24H35NO4. The minimum Gasteiger partial charge on any atom is -0.454 e. The largest absolute Gasteiger partial charge is 0.454 e. The van der Waals surface area contributed by atoms with Crippen molar-refractivity contribution >= 4 is 5.91 Å². The van der Waals surface area contributed by atoms with Gasteiger partial charge < -0.3 is 19.5 Å². The van der Waals surface area contributed by atoms with E-state index in [1.54, 1.807) is 0 Å². The monoisotopic (exact) mass is 401 g/mol. The summed E-state index contributed by atoms with van der Waals surface area (Å²) >= 11 is 0. The highest BCUT2D eigenvalue weighted by Gasteiger charge is 2.37. The second kappa shape index (κ2) is 8.17. The fourth-order valence-electron chi connectivity index (χ4n) is 5.86. The lowest BCUT2D eigenvalue weighted by Gasteiger charge is -2.40. The molecule has 1 amide bonds. The Labute approximate surface area is 174 Å². The molecular weight excluding hydrogens is 366 g/mol.